The molecular formula is C27H32FN5O2. The van der Waals surface area contributed by atoms with Crippen molar-refractivity contribution in [1.29, 1.82) is 5.26 Å². The van der Waals surface area contributed by atoms with Crippen molar-refractivity contribution in [3.05, 3.63) is 54.0 Å². The molecule has 7 nitrogen and oxygen atoms in total. The molecule has 0 unspecified atom stereocenters. The number of esters is 1. The van der Waals surface area contributed by atoms with Crippen molar-refractivity contribution in [2.45, 2.75) is 53.1 Å². The maximum atomic E-state index is 14.8. The van der Waals surface area contributed by atoms with Gasteiger partial charge in [0.2, 0.25) is 0 Å². The molecule has 0 aliphatic carbocycles. The minimum Gasteiger partial charge on any atom is -0.460 e. The van der Waals surface area contributed by atoms with Crippen LogP contribution in [0.15, 0.2) is 42.6 Å². The van der Waals surface area contributed by atoms with Crippen LogP contribution >= 0.6 is 0 Å². The first-order chi connectivity index (χ1) is 16.5. The summed E-state index contributed by atoms with van der Waals surface area (Å²) in [4.78, 5) is 21.0. The number of hydrogen-bond donors (Lipinski definition) is 2. The zero-order valence-electron chi connectivity index (χ0n) is 20.9. The molecule has 0 fully saturated rings. The summed E-state index contributed by atoms with van der Waals surface area (Å²) in [5.41, 5.74) is 1.07. The van der Waals surface area contributed by atoms with E-state index < -0.39 is 11.4 Å². The first-order valence-electron chi connectivity index (χ1n) is 11.7. The van der Waals surface area contributed by atoms with Crippen molar-refractivity contribution in [1.82, 2.24) is 9.97 Å². The Labute approximate surface area is 205 Å². The summed E-state index contributed by atoms with van der Waals surface area (Å²) in [6, 6.07) is 12.5. The summed E-state index contributed by atoms with van der Waals surface area (Å²) in [6.45, 7) is 9.98. The number of hydrogen-bond acceptors (Lipinski definition) is 7. The number of nitriles is 1. The molecule has 0 saturated carbocycles. The molecular weight excluding hydrogens is 445 g/mol. The fourth-order valence-electron chi connectivity index (χ4n) is 3.85. The Morgan fingerprint density at radius 1 is 1.20 bits per heavy atom. The predicted molar refractivity (Wildman–Crippen MR) is 136 cm³/mol. The van der Waals surface area contributed by atoms with Gasteiger partial charge in [0.25, 0.3) is 0 Å². The molecule has 2 heterocycles. The molecule has 0 amide bonds. The van der Waals surface area contributed by atoms with Gasteiger partial charge in [0.15, 0.2) is 17.5 Å². The van der Waals surface area contributed by atoms with Crippen LogP contribution in [-0.2, 0) is 9.53 Å². The summed E-state index contributed by atoms with van der Waals surface area (Å²) in [6.07, 6.45) is 2.70. The molecule has 0 bridgehead atoms. The molecule has 3 aromatic rings. The lowest BCUT2D eigenvalue weighted by atomic mass is 9.94. The number of nitrogens with zero attached hydrogens (tertiary/aromatic N) is 3. The quantitative estimate of drug-likeness (QED) is 0.354. The number of carbonyl (C=O) groups excluding carboxylic acids is 1. The molecule has 3 rings (SSSR count). The van der Waals surface area contributed by atoms with Crippen LogP contribution < -0.4 is 10.6 Å². The normalized spacial score (nSPS) is 12.3. The summed E-state index contributed by atoms with van der Waals surface area (Å²) >= 11 is 0. The van der Waals surface area contributed by atoms with Crippen LogP contribution in [0.1, 0.15) is 53.0 Å². The van der Waals surface area contributed by atoms with Crippen LogP contribution in [0.25, 0.3) is 10.9 Å². The second-order valence-electron chi connectivity index (χ2n) is 10.0. The molecule has 0 radical (unpaired) electrons. The van der Waals surface area contributed by atoms with Gasteiger partial charge >= 0.3 is 5.97 Å². The lowest BCUT2D eigenvalue weighted by Crippen LogP contribution is -2.27. The third-order valence-corrected chi connectivity index (χ3v) is 5.20. The van der Waals surface area contributed by atoms with E-state index in [1.807, 2.05) is 57.2 Å². The number of halogens is 1. The molecule has 2 aromatic heterocycles. The van der Waals surface area contributed by atoms with Gasteiger partial charge in [0.05, 0.1) is 17.5 Å². The van der Waals surface area contributed by atoms with E-state index >= 15 is 0 Å². The number of pyridine rings is 2. The zero-order valence-corrected chi connectivity index (χ0v) is 20.9. The highest BCUT2D eigenvalue weighted by atomic mass is 19.1. The van der Waals surface area contributed by atoms with Gasteiger partial charge in [0.1, 0.15) is 11.7 Å². The number of benzene rings is 1. The Kier molecular flexibility index (Phi) is 8.23. The number of ether oxygens (including phenoxy) is 1. The van der Waals surface area contributed by atoms with Gasteiger partial charge in [-0.3, -0.25) is 9.78 Å². The number of rotatable bonds is 9. The molecule has 0 spiro atoms. The summed E-state index contributed by atoms with van der Waals surface area (Å²) in [5.74, 6) is -0.366. The van der Waals surface area contributed by atoms with Gasteiger partial charge in [-0.15, -0.1) is 0 Å². The van der Waals surface area contributed by atoms with E-state index in [1.165, 1.54) is 0 Å². The van der Waals surface area contributed by atoms with E-state index in [9.17, 15) is 14.4 Å². The van der Waals surface area contributed by atoms with Crippen LogP contribution in [0.2, 0.25) is 0 Å². The Morgan fingerprint density at radius 3 is 2.66 bits per heavy atom. The number of carbonyl (C=O) groups is 1. The van der Waals surface area contributed by atoms with Crippen LogP contribution in [-0.4, -0.2) is 28.1 Å². The Balaban J connectivity index is 1.78. The SMILES string of the molecule is CC(C)C[C@@H](CNc1nc(Nc2ccc3ncccc3c2)c(C#N)cc1F)CC(=O)OC(C)(C)C. The molecule has 1 atom stereocenters. The van der Waals surface area contributed by atoms with Crippen molar-refractivity contribution in [3.63, 3.8) is 0 Å². The second-order valence-corrected chi connectivity index (χ2v) is 10.0. The number of anilines is 3. The Hall–Kier alpha value is -3.73. The van der Waals surface area contributed by atoms with Gasteiger partial charge in [-0.2, -0.15) is 5.26 Å². The van der Waals surface area contributed by atoms with Crippen LogP contribution in [0.3, 0.4) is 0 Å². The highest BCUT2D eigenvalue weighted by molar-refractivity contribution is 5.83. The van der Waals surface area contributed by atoms with Crippen LogP contribution in [0.4, 0.5) is 21.7 Å². The zero-order chi connectivity index (χ0) is 25.6. The maximum absolute atomic E-state index is 14.8. The first-order valence-corrected chi connectivity index (χ1v) is 11.7. The molecule has 8 heteroatoms. The summed E-state index contributed by atoms with van der Waals surface area (Å²) < 4.78 is 20.2. The Bertz CT molecular complexity index is 1230. The topological polar surface area (TPSA) is 99.9 Å². The van der Waals surface area contributed by atoms with Crippen molar-refractivity contribution < 1.29 is 13.9 Å². The largest absolute Gasteiger partial charge is 0.460 e. The number of fused-ring (bicyclic) bond motifs is 1. The second kappa shape index (κ2) is 11.1. The van der Waals surface area contributed by atoms with Crippen molar-refractivity contribution in [3.8, 4) is 6.07 Å². The molecule has 0 aliphatic rings. The molecule has 1 aromatic carbocycles. The average molecular weight is 478 g/mol. The highest BCUT2D eigenvalue weighted by Crippen LogP contribution is 2.26. The minimum atomic E-state index is -0.629. The van der Waals surface area contributed by atoms with Crippen molar-refractivity contribution in [2.75, 3.05) is 17.2 Å². The van der Waals surface area contributed by atoms with Crippen LogP contribution in [0.5, 0.6) is 0 Å². The van der Waals surface area contributed by atoms with Gasteiger partial charge in [-0.1, -0.05) is 19.9 Å². The molecule has 2 N–H and O–H groups in total. The standard InChI is InChI=1S/C27H32FN5O2/c1-17(2)11-18(12-24(34)35-27(3,4)5)16-31-26-22(28)14-20(15-29)25(33-26)32-21-8-9-23-19(13-21)7-6-10-30-23/h6-10,13-14,17-18H,11-12,16H2,1-5H3,(H2,31,32,33)/t18-/m1/s1. The van der Waals surface area contributed by atoms with E-state index in [0.717, 1.165) is 23.4 Å². The van der Waals surface area contributed by atoms with E-state index in [0.29, 0.717) is 18.2 Å². The van der Waals surface area contributed by atoms with Gasteiger partial charge in [0, 0.05) is 23.8 Å². The molecule has 35 heavy (non-hydrogen) atoms. The smallest absolute Gasteiger partial charge is 0.306 e. The van der Waals surface area contributed by atoms with Crippen LogP contribution in [0, 0.1) is 29.0 Å². The molecule has 0 aliphatic heterocycles. The van der Waals surface area contributed by atoms with Gasteiger partial charge in [-0.25, -0.2) is 9.37 Å². The van der Waals surface area contributed by atoms with E-state index in [2.05, 4.69) is 34.4 Å². The van der Waals surface area contributed by atoms with Crippen molar-refractivity contribution in [2.24, 2.45) is 11.8 Å². The van der Waals surface area contributed by atoms with Gasteiger partial charge in [-0.05, 0) is 69.4 Å². The average Bonchev–Trinajstić information content (AvgIpc) is 2.77. The minimum absolute atomic E-state index is 0.0203. The third kappa shape index (κ3) is 7.64. The number of nitrogens with one attached hydrogen (secondary N) is 2. The third-order valence-electron chi connectivity index (χ3n) is 5.20. The fraction of sp³-hybridized carbons (Fsp3) is 0.407. The monoisotopic (exact) mass is 477 g/mol. The molecule has 0 saturated heterocycles. The summed E-state index contributed by atoms with van der Waals surface area (Å²) in [5, 5.41) is 16.6. The lowest BCUT2D eigenvalue weighted by molar-refractivity contribution is -0.156. The lowest BCUT2D eigenvalue weighted by Gasteiger charge is -2.23. The van der Waals surface area contributed by atoms with E-state index in [1.54, 1.807) is 6.20 Å². The first kappa shape index (κ1) is 25.9. The predicted octanol–water partition coefficient (Wildman–Crippen LogP) is 6.19. The summed E-state index contributed by atoms with van der Waals surface area (Å²) in [7, 11) is 0. The highest BCUT2D eigenvalue weighted by Gasteiger charge is 2.22. The maximum Gasteiger partial charge on any atom is 0.306 e. The molecule has 184 valence electrons. The Morgan fingerprint density at radius 2 is 1.97 bits per heavy atom. The number of aromatic nitrogens is 2. The van der Waals surface area contributed by atoms with E-state index in [4.69, 9.17) is 4.74 Å². The van der Waals surface area contributed by atoms with E-state index in [-0.39, 0.29) is 35.5 Å². The fourth-order valence-corrected chi connectivity index (χ4v) is 3.85. The van der Waals surface area contributed by atoms with Gasteiger partial charge < -0.3 is 15.4 Å². The van der Waals surface area contributed by atoms with Crippen molar-refractivity contribution >= 4 is 34.2 Å².